The van der Waals surface area contributed by atoms with Crippen molar-refractivity contribution in [3.63, 3.8) is 0 Å². The predicted octanol–water partition coefficient (Wildman–Crippen LogP) is 3.25. The van der Waals surface area contributed by atoms with Crippen LogP contribution < -0.4 is 5.56 Å². The Balaban J connectivity index is 1.27. The number of carbonyl (C=O) groups excluding carboxylic acids is 1. The maximum absolute atomic E-state index is 13.2. The first-order valence-electron chi connectivity index (χ1n) is 10.6. The Morgan fingerprint density at radius 1 is 1.14 bits per heavy atom. The lowest BCUT2D eigenvalue weighted by atomic mass is 9.76. The molecular weight excluding hydrogens is 364 g/mol. The van der Waals surface area contributed by atoms with Gasteiger partial charge >= 0.3 is 0 Å². The van der Waals surface area contributed by atoms with Crippen LogP contribution in [0.1, 0.15) is 65.5 Å². The molecule has 1 aromatic carbocycles. The monoisotopic (exact) mass is 388 g/mol. The van der Waals surface area contributed by atoms with Gasteiger partial charge in [-0.05, 0) is 50.7 Å². The molecule has 0 unspecified atom stereocenters. The van der Waals surface area contributed by atoms with Crippen molar-refractivity contribution in [2.45, 2.75) is 49.9 Å². The molecule has 3 aromatic rings. The van der Waals surface area contributed by atoms with Crippen LogP contribution in [0, 0.1) is 0 Å². The minimum absolute atomic E-state index is 0.0392. The highest BCUT2D eigenvalue weighted by atomic mass is 16.2. The van der Waals surface area contributed by atoms with E-state index in [1.807, 2.05) is 35.4 Å². The number of H-pyrrole nitrogens is 2. The molecule has 1 saturated heterocycles. The average molecular weight is 388 g/mol. The Kier molecular flexibility index (Phi) is 3.55. The van der Waals surface area contributed by atoms with Crippen molar-refractivity contribution in [3.8, 4) is 0 Å². The normalized spacial score (nSPS) is 20.3. The number of carbonyl (C=O) groups is 1. The van der Waals surface area contributed by atoms with Gasteiger partial charge in [0.05, 0.1) is 16.8 Å². The molecule has 2 aliphatic carbocycles. The summed E-state index contributed by atoms with van der Waals surface area (Å²) in [5, 5.41) is 1.06. The highest BCUT2D eigenvalue weighted by Gasteiger charge is 2.45. The zero-order valence-electron chi connectivity index (χ0n) is 16.3. The number of aromatic nitrogens is 3. The van der Waals surface area contributed by atoms with Crippen LogP contribution in [-0.2, 0) is 11.8 Å². The van der Waals surface area contributed by atoms with E-state index in [0.717, 1.165) is 72.1 Å². The number of likely N-dealkylation sites (tertiary alicyclic amines) is 1. The van der Waals surface area contributed by atoms with E-state index >= 15 is 0 Å². The Bertz CT molecular complexity index is 1180. The van der Waals surface area contributed by atoms with E-state index in [4.69, 9.17) is 4.98 Å². The number of piperidine rings is 1. The zero-order chi connectivity index (χ0) is 19.6. The second-order valence-corrected chi connectivity index (χ2v) is 8.87. The van der Waals surface area contributed by atoms with E-state index in [-0.39, 0.29) is 16.9 Å². The lowest BCUT2D eigenvalue weighted by Gasteiger charge is -2.39. The summed E-state index contributed by atoms with van der Waals surface area (Å²) in [5.74, 6) is 1.41. The molecule has 0 atom stereocenters. The number of fused-ring (bicyclic) bond motifs is 3. The molecule has 148 valence electrons. The van der Waals surface area contributed by atoms with E-state index in [2.05, 4.69) is 9.97 Å². The fourth-order valence-electron chi connectivity index (χ4n) is 5.28. The van der Waals surface area contributed by atoms with Gasteiger partial charge in [0, 0.05) is 41.6 Å². The van der Waals surface area contributed by atoms with E-state index in [1.54, 1.807) is 0 Å². The van der Waals surface area contributed by atoms with Crippen molar-refractivity contribution < 1.29 is 4.79 Å². The molecule has 1 saturated carbocycles. The van der Waals surface area contributed by atoms with Gasteiger partial charge in [0.1, 0.15) is 5.82 Å². The lowest BCUT2D eigenvalue weighted by molar-refractivity contribution is 0.0665. The van der Waals surface area contributed by atoms with Gasteiger partial charge in [-0.15, -0.1) is 0 Å². The van der Waals surface area contributed by atoms with Crippen LogP contribution in [0.15, 0.2) is 35.3 Å². The Morgan fingerprint density at radius 3 is 2.76 bits per heavy atom. The quantitative estimate of drug-likeness (QED) is 0.707. The molecule has 29 heavy (non-hydrogen) atoms. The maximum atomic E-state index is 13.2. The second kappa shape index (κ2) is 6.05. The first kappa shape index (κ1) is 17.0. The molecule has 1 aliphatic heterocycles. The van der Waals surface area contributed by atoms with Crippen LogP contribution in [0.5, 0.6) is 0 Å². The summed E-state index contributed by atoms with van der Waals surface area (Å²) in [5.41, 5.74) is 3.58. The van der Waals surface area contributed by atoms with Crippen molar-refractivity contribution >= 4 is 16.8 Å². The van der Waals surface area contributed by atoms with Crippen LogP contribution >= 0.6 is 0 Å². The van der Waals surface area contributed by atoms with Crippen molar-refractivity contribution in [3.05, 3.63) is 63.5 Å². The molecule has 1 amide bonds. The van der Waals surface area contributed by atoms with Gasteiger partial charge in [0.2, 0.25) is 0 Å². The van der Waals surface area contributed by atoms with E-state index in [9.17, 15) is 9.59 Å². The number of amides is 1. The van der Waals surface area contributed by atoms with Gasteiger partial charge in [-0.2, -0.15) is 0 Å². The summed E-state index contributed by atoms with van der Waals surface area (Å²) in [6.07, 6.45) is 7.67. The number of hydrogen-bond donors (Lipinski definition) is 2. The third kappa shape index (κ3) is 2.58. The smallest absolute Gasteiger partial charge is 0.255 e. The van der Waals surface area contributed by atoms with Gasteiger partial charge in [-0.1, -0.05) is 12.1 Å². The van der Waals surface area contributed by atoms with Crippen LogP contribution in [0.25, 0.3) is 10.9 Å². The summed E-state index contributed by atoms with van der Waals surface area (Å²) in [6, 6.07) is 7.86. The molecule has 6 nitrogen and oxygen atoms in total. The first-order valence-corrected chi connectivity index (χ1v) is 10.6. The molecule has 2 fully saturated rings. The zero-order valence-corrected chi connectivity index (χ0v) is 16.3. The predicted molar refractivity (Wildman–Crippen MR) is 110 cm³/mol. The Labute approximate surface area is 168 Å². The molecule has 3 aliphatic rings. The van der Waals surface area contributed by atoms with Crippen molar-refractivity contribution in [2.75, 3.05) is 13.1 Å². The van der Waals surface area contributed by atoms with Gasteiger partial charge in [-0.3, -0.25) is 9.59 Å². The van der Waals surface area contributed by atoms with E-state index < -0.39 is 0 Å². The van der Waals surface area contributed by atoms with Gasteiger partial charge in [0.25, 0.3) is 11.5 Å². The number of rotatable bonds is 2. The van der Waals surface area contributed by atoms with Crippen LogP contribution in [0.4, 0.5) is 0 Å². The number of nitrogens with one attached hydrogen (secondary N) is 2. The number of nitrogens with zero attached hydrogens (tertiary/aromatic N) is 2. The fraction of sp³-hybridized carbons (Fsp3) is 0.435. The summed E-state index contributed by atoms with van der Waals surface area (Å²) < 4.78 is 0. The van der Waals surface area contributed by atoms with Crippen LogP contribution in [0.2, 0.25) is 0 Å². The second-order valence-electron chi connectivity index (χ2n) is 8.87. The SMILES string of the molecule is O=C(c1cccc2cc[nH]c12)N1CCC2(CCc3c2nc(C2CC2)[nH]c3=O)CC1. The van der Waals surface area contributed by atoms with Gasteiger partial charge in [0.15, 0.2) is 0 Å². The van der Waals surface area contributed by atoms with E-state index in [0.29, 0.717) is 19.0 Å². The topological polar surface area (TPSA) is 81.8 Å². The maximum Gasteiger partial charge on any atom is 0.255 e. The molecule has 3 heterocycles. The molecular formula is C23H24N4O2. The Morgan fingerprint density at radius 2 is 1.97 bits per heavy atom. The standard InChI is InChI=1S/C23H24N4O2/c28-21-17-6-8-23(19(17)25-20(26-21)15-4-5-15)9-12-27(13-10-23)22(29)16-3-1-2-14-7-11-24-18(14)16/h1-3,7,11,15,24H,4-6,8-10,12-13H2,(H,25,26,28). The largest absolute Gasteiger partial charge is 0.361 e. The molecule has 0 radical (unpaired) electrons. The minimum Gasteiger partial charge on any atom is -0.361 e. The highest BCUT2D eigenvalue weighted by Crippen LogP contribution is 2.46. The average Bonchev–Trinajstić information content (AvgIpc) is 3.38. The first-order chi connectivity index (χ1) is 14.1. The molecule has 2 N–H and O–H groups in total. The van der Waals surface area contributed by atoms with E-state index in [1.165, 1.54) is 0 Å². The third-order valence-electron chi connectivity index (χ3n) is 7.18. The number of aromatic amines is 2. The number of hydrogen-bond acceptors (Lipinski definition) is 3. The van der Waals surface area contributed by atoms with Crippen molar-refractivity contribution in [1.29, 1.82) is 0 Å². The minimum atomic E-state index is -0.0392. The summed E-state index contributed by atoms with van der Waals surface area (Å²) in [4.78, 5) is 38.9. The van der Waals surface area contributed by atoms with Crippen molar-refractivity contribution in [1.82, 2.24) is 19.9 Å². The van der Waals surface area contributed by atoms with Gasteiger partial charge in [-0.25, -0.2) is 4.98 Å². The van der Waals surface area contributed by atoms with Crippen LogP contribution in [-0.4, -0.2) is 38.8 Å². The van der Waals surface area contributed by atoms with Crippen molar-refractivity contribution in [2.24, 2.45) is 0 Å². The summed E-state index contributed by atoms with van der Waals surface area (Å²) >= 11 is 0. The lowest BCUT2D eigenvalue weighted by Crippen LogP contribution is -2.45. The highest BCUT2D eigenvalue weighted by molar-refractivity contribution is 6.05. The Hall–Kier alpha value is -2.89. The molecule has 2 aromatic heterocycles. The molecule has 0 bridgehead atoms. The molecule has 6 heteroatoms. The third-order valence-corrected chi connectivity index (χ3v) is 7.18. The fourth-order valence-corrected chi connectivity index (χ4v) is 5.28. The molecule has 1 spiro atoms. The van der Waals surface area contributed by atoms with Crippen LogP contribution in [0.3, 0.4) is 0 Å². The number of para-hydroxylation sites is 1. The van der Waals surface area contributed by atoms with Gasteiger partial charge < -0.3 is 14.9 Å². The summed E-state index contributed by atoms with van der Waals surface area (Å²) in [6.45, 7) is 1.42. The molecule has 6 rings (SSSR count). The number of benzene rings is 1. The summed E-state index contributed by atoms with van der Waals surface area (Å²) in [7, 11) is 0.